The summed E-state index contributed by atoms with van der Waals surface area (Å²) in [6.45, 7) is 0.150. The summed E-state index contributed by atoms with van der Waals surface area (Å²) in [4.78, 5) is 23.0. The van der Waals surface area contributed by atoms with Gasteiger partial charge in [0.05, 0.1) is 22.5 Å². The second-order valence-electron chi connectivity index (χ2n) is 6.65. The quantitative estimate of drug-likeness (QED) is 0.340. The molecule has 0 spiro atoms. The molecule has 1 heterocycles. The molecule has 4 aromatic rings. The lowest BCUT2D eigenvalue weighted by Gasteiger charge is -2.12. The van der Waals surface area contributed by atoms with E-state index in [2.05, 4.69) is 5.10 Å². The lowest BCUT2D eigenvalue weighted by atomic mass is 10.0. The predicted octanol–water partition coefficient (Wildman–Crippen LogP) is 4.33. The van der Waals surface area contributed by atoms with E-state index >= 15 is 0 Å². The molecule has 3 aromatic carbocycles. The van der Waals surface area contributed by atoms with E-state index in [1.807, 2.05) is 0 Å². The van der Waals surface area contributed by atoms with Gasteiger partial charge < -0.3 is 4.74 Å². The monoisotopic (exact) mass is 423 g/mol. The number of fused-ring (bicyclic) bond motifs is 1. The zero-order chi connectivity index (χ0) is 22.0. The fourth-order valence-corrected chi connectivity index (χ4v) is 3.16. The normalized spacial score (nSPS) is 10.9. The molecule has 0 aliphatic heterocycles. The first-order valence-electron chi connectivity index (χ1n) is 9.26. The first-order chi connectivity index (χ1) is 14.9. The SMILES string of the molecule is O=c1c2ccccc2c(-c2ccc(F)c(F)c2)nn1CCOc1ccc([N+](=O)[O-])cc1. The van der Waals surface area contributed by atoms with Crippen LogP contribution in [-0.4, -0.2) is 21.3 Å². The van der Waals surface area contributed by atoms with Gasteiger partial charge in [-0.15, -0.1) is 0 Å². The number of halogens is 2. The van der Waals surface area contributed by atoms with Gasteiger partial charge in [0.2, 0.25) is 0 Å². The van der Waals surface area contributed by atoms with Gasteiger partial charge in [-0.3, -0.25) is 14.9 Å². The molecule has 0 bridgehead atoms. The third kappa shape index (κ3) is 4.11. The lowest BCUT2D eigenvalue weighted by Crippen LogP contribution is -2.26. The molecule has 0 saturated heterocycles. The molecule has 0 unspecified atom stereocenters. The average molecular weight is 423 g/mol. The molecular weight excluding hydrogens is 408 g/mol. The van der Waals surface area contributed by atoms with Crippen LogP contribution in [0.2, 0.25) is 0 Å². The van der Waals surface area contributed by atoms with Crippen LogP contribution in [0.3, 0.4) is 0 Å². The van der Waals surface area contributed by atoms with E-state index < -0.39 is 16.6 Å². The Balaban J connectivity index is 1.64. The highest BCUT2D eigenvalue weighted by atomic mass is 19.2. The van der Waals surface area contributed by atoms with Crippen molar-refractivity contribution in [3.8, 4) is 17.0 Å². The van der Waals surface area contributed by atoms with Gasteiger partial charge in [0.25, 0.3) is 11.2 Å². The molecule has 31 heavy (non-hydrogen) atoms. The summed E-state index contributed by atoms with van der Waals surface area (Å²) in [5.41, 5.74) is 0.259. The number of nitro benzene ring substituents is 1. The zero-order valence-corrected chi connectivity index (χ0v) is 16.0. The number of hydrogen-bond acceptors (Lipinski definition) is 5. The molecule has 156 valence electrons. The van der Waals surface area contributed by atoms with Crippen LogP contribution in [0.25, 0.3) is 22.0 Å². The molecule has 0 atom stereocenters. The van der Waals surface area contributed by atoms with Gasteiger partial charge in [-0.05, 0) is 36.4 Å². The van der Waals surface area contributed by atoms with Crippen LogP contribution in [-0.2, 0) is 6.54 Å². The molecule has 0 N–H and O–H groups in total. The second-order valence-corrected chi connectivity index (χ2v) is 6.65. The minimum absolute atomic E-state index is 0.0593. The summed E-state index contributed by atoms with van der Waals surface area (Å²) in [5, 5.41) is 16.0. The van der Waals surface area contributed by atoms with Crippen molar-refractivity contribution in [2.24, 2.45) is 0 Å². The molecule has 0 aliphatic rings. The van der Waals surface area contributed by atoms with E-state index in [-0.39, 0.29) is 24.4 Å². The Morgan fingerprint density at radius 3 is 2.35 bits per heavy atom. The van der Waals surface area contributed by atoms with Crippen molar-refractivity contribution in [3.05, 3.63) is 98.8 Å². The van der Waals surface area contributed by atoms with Crippen LogP contribution in [0, 0.1) is 21.7 Å². The van der Waals surface area contributed by atoms with E-state index in [4.69, 9.17) is 4.74 Å². The fourth-order valence-electron chi connectivity index (χ4n) is 3.16. The minimum atomic E-state index is -1.01. The first-order valence-corrected chi connectivity index (χ1v) is 9.26. The highest BCUT2D eigenvalue weighted by molar-refractivity contribution is 5.93. The summed E-state index contributed by atoms with van der Waals surface area (Å²) >= 11 is 0. The molecule has 9 heteroatoms. The predicted molar refractivity (Wildman–Crippen MR) is 110 cm³/mol. The van der Waals surface area contributed by atoms with Crippen molar-refractivity contribution in [1.82, 2.24) is 9.78 Å². The highest BCUT2D eigenvalue weighted by Crippen LogP contribution is 2.26. The Hall–Kier alpha value is -4.14. The van der Waals surface area contributed by atoms with Gasteiger partial charge in [-0.1, -0.05) is 18.2 Å². The number of ether oxygens (including phenoxy) is 1. The molecule has 7 nitrogen and oxygen atoms in total. The number of nitrogens with zero attached hydrogens (tertiary/aromatic N) is 3. The van der Waals surface area contributed by atoms with Crippen LogP contribution < -0.4 is 10.3 Å². The van der Waals surface area contributed by atoms with Gasteiger partial charge in [0, 0.05) is 23.1 Å². The highest BCUT2D eigenvalue weighted by Gasteiger charge is 2.14. The second kappa shape index (κ2) is 8.31. The van der Waals surface area contributed by atoms with E-state index in [9.17, 15) is 23.7 Å². The van der Waals surface area contributed by atoms with Crippen molar-refractivity contribution in [2.75, 3.05) is 6.61 Å². The molecule has 0 aliphatic carbocycles. The molecule has 0 fully saturated rings. The van der Waals surface area contributed by atoms with Crippen LogP contribution in [0.15, 0.2) is 71.5 Å². The Labute approximate surface area is 174 Å². The number of aromatic nitrogens is 2. The van der Waals surface area contributed by atoms with Crippen molar-refractivity contribution in [3.63, 3.8) is 0 Å². The van der Waals surface area contributed by atoms with Crippen LogP contribution in [0.5, 0.6) is 5.75 Å². The van der Waals surface area contributed by atoms with E-state index in [1.165, 1.54) is 35.0 Å². The average Bonchev–Trinajstić information content (AvgIpc) is 2.78. The molecule has 0 radical (unpaired) electrons. The van der Waals surface area contributed by atoms with Crippen LogP contribution >= 0.6 is 0 Å². The topological polar surface area (TPSA) is 87.3 Å². The zero-order valence-electron chi connectivity index (χ0n) is 16.0. The van der Waals surface area contributed by atoms with Gasteiger partial charge in [-0.25, -0.2) is 13.5 Å². The maximum absolute atomic E-state index is 13.8. The Morgan fingerprint density at radius 1 is 0.968 bits per heavy atom. The Bertz CT molecular complexity index is 1340. The fraction of sp³-hybridized carbons (Fsp3) is 0.0909. The largest absolute Gasteiger partial charge is 0.492 e. The summed E-state index contributed by atoms with van der Waals surface area (Å²) in [6, 6.07) is 15.8. The smallest absolute Gasteiger partial charge is 0.274 e. The van der Waals surface area contributed by atoms with Gasteiger partial charge >= 0.3 is 0 Å². The maximum atomic E-state index is 13.8. The number of non-ortho nitro benzene ring substituents is 1. The standard InChI is InChI=1S/C22H15F2N3O4/c23-19-10-5-14(13-20(19)24)21-17-3-1-2-4-18(17)22(28)26(25-21)11-12-31-16-8-6-15(7-9-16)27(29)30/h1-10,13H,11-12H2. The van der Waals surface area contributed by atoms with E-state index in [0.29, 0.717) is 27.8 Å². The third-order valence-electron chi connectivity index (χ3n) is 4.68. The lowest BCUT2D eigenvalue weighted by molar-refractivity contribution is -0.384. The summed E-state index contributed by atoms with van der Waals surface area (Å²) in [6.07, 6.45) is 0. The van der Waals surface area contributed by atoms with Gasteiger partial charge in [0.1, 0.15) is 12.4 Å². The number of rotatable bonds is 6. The Morgan fingerprint density at radius 2 is 1.68 bits per heavy atom. The van der Waals surface area contributed by atoms with E-state index in [0.717, 1.165) is 12.1 Å². The van der Waals surface area contributed by atoms with Gasteiger partial charge in [-0.2, -0.15) is 5.10 Å². The molecule has 4 rings (SSSR count). The number of nitro groups is 1. The number of hydrogen-bond donors (Lipinski definition) is 0. The van der Waals surface area contributed by atoms with Crippen LogP contribution in [0.4, 0.5) is 14.5 Å². The molecule has 0 amide bonds. The first kappa shape index (κ1) is 20.1. The minimum Gasteiger partial charge on any atom is -0.492 e. The summed E-state index contributed by atoms with van der Waals surface area (Å²) < 4.78 is 33.9. The third-order valence-corrected chi connectivity index (χ3v) is 4.68. The van der Waals surface area contributed by atoms with Crippen molar-refractivity contribution in [2.45, 2.75) is 6.54 Å². The van der Waals surface area contributed by atoms with E-state index in [1.54, 1.807) is 24.3 Å². The van der Waals surface area contributed by atoms with Crippen molar-refractivity contribution >= 4 is 16.5 Å². The summed E-state index contributed by atoms with van der Waals surface area (Å²) in [5.74, 6) is -1.58. The number of benzene rings is 3. The van der Waals surface area contributed by atoms with Crippen molar-refractivity contribution in [1.29, 1.82) is 0 Å². The van der Waals surface area contributed by atoms with Gasteiger partial charge in [0.15, 0.2) is 11.6 Å². The summed E-state index contributed by atoms with van der Waals surface area (Å²) in [7, 11) is 0. The van der Waals surface area contributed by atoms with Crippen molar-refractivity contribution < 1.29 is 18.4 Å². The molecule has 1 aromatic heterocycles. The molecular formula is C22H15F2N3O4. The molecule has 0 saturated carbocycles. The Kier molecular flexibility index (Phi) is 5.40. The maximum Gasteiger partial charge on any atom is 0.274 e. The van der Waals surface area contributed by atoms with Crippen LogP contribution in [0.1, 0.15) is 0 Å².